The van der Waals surface area contributed by atoms with Gasteiger partial charge in [0.25, 0.3) is 5.91 Å². The van der Waals surface area contributed by atoms with Crippen LogP contribution in [0.3, 0.4) is 0 Å². The lowest BCUT2D eigenvalue weighted by molar-refractivity contribution is -0.136. The monoisotopic (exact) mass is 610 g/mol. The van der Waals surface area contributed by atoms with Gasteiger partial charge in [0.05, 0.1) is 35.2 Å². The summed E-state index contributed by atoms with van der Waals surface area (Å²) in [6.07, 6.45) is 6.39. The van der Waals surface area contributed by atoms with E-state index in [2.05, 4.69) is 21.2 Å². The van der Waals surface area contributed by atoms with E-state index < -0.39 is 17.8 Å². The Labute approximate surface area is 252 Å². The Hall–Kier alpha value is -4.41. The van der Waals surface area contributed by atoms with Crippen LogP contribution in [0, 0.1) is 0 Å². The van der Waals surface area contributed by atoms with Gasteiger partial charge in [0.15, 0.2) is 11.5 Å². The molecule has 0 atom stereocenters. The van der Waals surface area contributed by atoms with Crippen molar-refractivity contribution in [2.24, 2.45) is 5.10 Å². The van der Waals surface area contributed by atoms with E-state index in [4.69, 9.17) is 32.7 Å². The van der Waals surface area contributed by atoms with Gasteiger partial charge in [-0.1, -0.05) is 54.6 Å². The molecule has 3 aromatic carbocycles. The Kier molecular flexibility index (Phi) is 10.5. The summed E-state index contributed by atoms with van der Waals surface area (Å²) in [7, 11) is 1.39. The second kappa shape index (κ2) is 14.5. The number of amides is 3. The van der Waals surface area contributed by atoms with Crippen molar-refractivity contribution in [2.45, 2.75) is 38.1 Å². The number of rotatable bonds is 8. The highest BCUT2D eigenvalue weighted by atomic mass is 35.5. The van der Waals surface area contributed by atoms with E-state index in [9.17, 15) is 19.2 Å². The highest BCUT2D eigenvalue weighted by Crippen LogP contribution is 2.30. The number of ether oxygens (including phenoxy) is 2. The number of carbonyl (C=O) groups excluding carboxylic acids is 4. The van der Waals surface area contributed by atoms with Crippen molar-refractivity contribution in [2.75, 3.05) is 12.4 Å². The van der Waals surface area contributed by atoms with Crippen molar-refractivity contribution in [1.29, 1.82) is 0 Å². The number of hydrogen-bond donors (Lipinski definition) is 3. The van der Waals surface area contributed by atoms with Crippen LogP contribution in [0.4, 0.5) is 5.69 Å². The predicted molar refractivity (Wildman–Crippen MR) is 160 cm³/mol. The van der Waals surface area contributed by atoms with E-state index in [0.717, 1.165) is 32.1 Å². The minimum absolute atomic E-state index is 0.0920. The zero-order valence-electron chi connectivity index (χ0n) is 22.6. The van der Waals surface area contributed by atoms with E-state index in [-0.39, 0.29) is 45.3 Å². The van der Waals surface area contributed by atoms with Gasteiger partial charge in [-0.15, -0.1) is 0 Å². The van der Waals surface area contributed by atoms with Crippen LogP contribution < -0.4 is 25.5 Å². The Bertz CT molecular complexity index is 1520. The number of carbonyl (C=O) groups is 4. The summed E-state index contributed by atoms with van der Waals surface area (Å²) in [4.78, 5) is 50.3. The smallest absolute Gasteiger partial charge is 0.345 e. The highest BCUT2D eigenvalue weighted by molar-refractivity contribution is 6.40. The van der Waals surface area contributed by atoms with Gasteiger partial charge < -0.3 is 20.1 Å². The Balaban J connectivity index is 1.34. The topological polar surface area (TPSA) is 135 Å². The summed E-state index contributed by atoms with van der Waals surface area (Å²) < 4.78 is 10.7. The van der Waals surface area contributed by atoms with Crippen LogP contribution in [0.1, 0.15) is 58.4 Å². The van der Waals surface area contributed by atoms with Crippen LogP contribution in [0.25, 0.3) is 0 Å². The molecule has 0 aromatic heterocycles. The molecule has 3 N–H and O–H groups in total. The maximum Gasteiger partial charge on any atom is 0.345 e. The molecule has 0 bridgehead atoms. The molecule has 1 saturated carbocycles. The van der Waals surface area contributed by atoms with Crippen molar-refractivity contribution in [3.63, 3.8) is 0 Å². The number of para-hydroxylation sites is 1. The van der Waals surface area contributed by atoms with Crippen molar-refractivity contribution >= 4 is 58.8 Å². The number of esters is 1. The van der Waals surface area contributed by atoms with E-state index in [0.29, 0.717) is 10.6 Å². The van der Waals surface area contributed by atoms with Gasteiger partial charge in [0.1, 0.15) is 0 Å². The van der Waals surface area contributed by atoms with Gasteiger partial charge in [0, 0.05) is 11.1 Å². The number of anilines is 1. The first kappa shape index (κ1) is 30.5. The number of hydrogen-bond acceptors (Lipinski definition) is 7. The van der Waals surface area contributed by atoms with E-state index in [1.165, 1.54) is 43.7 Å². The number of halogens is 2. The fraction of sp³-hybridized carbons (Fsp3) is 0.233. The molecule has 10 nitrogen and oxygen atoms in total. The van der Waals surface area contributed by atoms with Crippen LogP contribution in [0.2, 0.25) is 10.0 Å². The maximum absolute atomic E-state index is 12.8. The average molecular weight is 611 g/mol. The third kappa shape index (κ3) is 8.08. The quantitative estimate of drug-likeness (QED) is 0.103. The molecular formula is C30H28Cl2N4O6. The van der Waals surface area contributed by atoms with Crippen molar-refractivity contribution in [1.82, 2.24) is 10.7 Å². The third-order valence-corrected chi connectivity index (χ3v) is 7.04. The SMILES string of the molecule is COc1cc(C=NNC(=O)C(=O)Nc2ccccc2C(=O)NC2CCCCC2)ccc1OC(=O)c1ccc(Cl)cc1Cl. The van der Waals surface area contributed by atoms with Crippen LogP contribution in [-0.4, -0.2) is 43.1 Å². The number of benzene rings is 3. The second-order valence-corrected chi connectivity index (χ2v) is 10.3. The van der Waals surface area contributed by atoms with Crippen LogP contribution in [0.15, 0.2) is 65.8 Å². The van der Waals surface area contributed by atoms with Gasteiger partial charge in [-0.3, -0.25) is 14.4 Å². The molecule has 3 amide bonds. The first-order valence-corrected chi connectivity index (χ1v) is 13.9. The molecular weight excluding hydrogens is 583 g/mol. The molecule has 42 heavy (non-hydrogen) atoms. The number of methoxy groups -OCH3 is 1. The van der Waals surface area contributed by atoms with E-state index in [1.807, 2.05) is 0 Å². The molecule has 0 radical (unpaired) electrons. The second-order valence-electron chi connectivity index (χ2n) is 9.43. The molecule has 12 heteroatoms. The van der Waals surface area contributed by atoms with Crippen molar-refractivity contribution < 1.29 is 28.7 Å². The lowest BCUT2D eigenvalue weighted by Crippen LogP contribution is -2.37. The molecule has 0 aliphatic heterocycles. The Morgan fingerprint density at radius 3 is 2.38 bits per heavy atom. The molecule has 218 valence electrons. The summed E-state index contributed by atoms with van der Waals surface area (Å²) in [5.41, 5.74) is 3.22. The molecule has 3 aromatic rings. The Morgan fingerprint density at radius 2 is 1.64 bits per heavy atom. The zero-order valence-corrected chi connectivity index (χ0v) is 24.1. The van der Waals surface area contributed by atoms with Gasteiger partial charge >= 0.3 is 17.8 Å². The molecule has 1 aliphatic rings. The van der Waals surface area contributed by atoms with Gasteiger partial charge in [-0.05, 0) is 66.9 Å². The van der Waals surface area contributed by atoms with Crippen molar-refractivity contribution in [3.8, 4) is 11.5 Å². The van der Waals surface area contributed by atoms with Gasteiger partial charge in [-0.2, -0.15) is 5.10 Å². The zero-order chi connectivity index (χ0) is 30.1. The van der Waals surface area contributed by atoms with Crippen LogP contribution in [-0.2, 0) is 9.59 Å². The molecule has 4 rings (SSSR count). The van der Waals surface area contributed by atoms with E-state index in [1.54, 1.807) is 30.3 Å². The highest BCUT2D eigenvalue weighted by Gasteiger charge is 2.21. The molecule has 0 spiro atoms. The first-order valence-electron chi connectivity index (χ1n) is 13.1. The summed E-state index contributed by atoms with van der Waals surface area (Å²) in [6.45, 7) is 0. The molecule has 1 fully saturated rings. The summed E-state index contributed by atoms with van der Waals surface area (Å²) in [5, 5.41) is 9.81. The van der Waals surface area contributed by atoms with Crippen LogP contribution >= 0.6 is 23.2 Å². The lowest BCUT2D eigenvalue weighted by atomic mass is 9.95. The third-order valence-electron chi connectivity index (χ3n) is 6.49. The number of nitrogens with one attached hydrogen (secondary N) is 3. The van der Waals surface area contributed by atoms with Gasteiger partial charge in [-0.25, -0.2) is 10.2 Å². The van der Waals surface area contributed by atoms with Gasteiger partial charge in [0.2, 0.25) is 0 Å². The maximum atomic E-state index is 12.8. The fourth-order valence-electron chi connectivity index (χ4n) is 4.35. The minimum atomic E-state index is -1.04. The molecule has 0 heterocycles. The largest absolute Gasteiger partial charge is 0.493 e. The molecule has 0 saturated heterocycles. The van der Waals surface area contributed by atoms with Crippen LogP contribution in [0.5, 0.6) is 11.5 Å². The lowest BCUT2D eigenvalue weighted by Gasteiger charge is -2.23. The number of hydrazone groups is 1. The Morgan fingerprint density at radius 1 is 0.881 bits per heavy atom. The molecule has 0 unspecified atom stereocenters. The van der Waals surface area contributed by atoms with E-state index >= 15 is 0 Å². The summed E-state index contributed by atoms with van der Waals surface area (Å²) in [5.74, 6) is -2.71. The normalized spacial score (nSPS) is 13.3. The minimum Gasteiger partial charge on any atom is -0.493 e. The summed E-state index contributed by atoms with van der Waals surface area (Å²) >= 11 is 12.0. The molecule has 1 aliphatic carbocycles. The first-order chi connectivity index (χ1) is 20.2. The van der Waals surface area contributed by atoms with Crippen molar-refractivity contribution in [3.05, 3.63) is 87.4 Å². The standard InChI is InChI=1S/C30H28Cl2N4O6/c1-41-26-15-18(11-14-25(26)42-30(40)21-13-12-19(31)16-23(21)32)17-33-36-29(39)28(38)35-24-10-6-5-9-22(24)27(37)34-20-7-3-2-4-8-20/h5-6,9-17,20H,2-4,7-8H2,1H3,(H,34,37)(H,35,38)(H,36,39). The average Bonchev–Trinajstić information content (AvgIpc) is 2.98. The predicted octanol–water partition coefficient (Wildman–Crippen LogP) is 5.37. The summed E-state index contributed by atoms with van der Waals surface area (Å²) in [6, 6.07) is 15.5. The number of nitrogens with zero attached hydrogens (tertiary/aromatic N) is 1. The fourth-order valence-corrected chi connectivity index (χ4v) is 4.84.